The molecule has 0 radical (unpaired) electrons. The molecule has 1 N–H and O–H groups in total. The fraction of sp³-hybridized carbons (Fsp3) is 0.333. The van der Waals surface area contributed by atoms with Gasteiger partial charge in [0, 0.05) is 24.7 Å². The van der Waals surface area contributed by atoms with E-state index in [-0.39, 0.29) is 17.1 Å². The van der Waals surface area contributed by atoms with Gasteiger partial charge in [-0.3, -0.25) is 4.79 Å². The summed E-state index contributed by atoms with van der Waals surface area (Å²) in [5.41, 5.74) is 1.45. The maximum atomic E-state index is 12.5. The van der Waals surface area contributed by atoms with Gasteiger partial charge >= 0.3 is 0 Å². The SMILES string of the molecule is CC(C)(CNC(=O)C1=CN2CCS(=O)(=O)N=C2C=C1)c1ccccc1. The van der Waals surface area contributed by atoms with Crippen molar-refractivity contribution in [1.82, 2.24) is 10.2 Å². The predicted octanol–water partition coefficient (Wildman–Crippen LogP) is 1.58. The molecule has 1 amide bonds. The number of amidine groups is 1. The molecule has 2 heterocycles. The minimum Gasteiger partial charge on any atom is -0.351 e. The first kappa shape index (κ1) is 17.4. The molecular weight excluding hydrogens is 338 g/mol. The minimum absolute atomic E-state index is 0.0449. The molecule has 25 heavy (non-hydrogen) atoms. The number of amides is 1. The van der Waals surface area contributed by atoms with Crippen molar-refractivity contribution in [3.63, 3.8) is 0 Å². The molecule has 0 fully saturated rings. The maximum Gasteiger partial charge on any atom is 0.256 e. The number of carbonyl (C=O) groups excluding carboxylic acids is 1. The van der Waals surface area contributed by atoms with E-state index in [1.54, 1.807) is 23.3 Å². The van der Waals surface area contributed by atoms with Crippen LogP contribution in [0.15, 0.2) is 58.7 Å². The Labute approximate surface area is 148 Å². The number of nitrogens with one attached hydrogen (secondary N) is 1. The van der Waals surface area contributed by atoms with Crippen LogP contribution < -0.4 is 5.32 Å². The topological polar surface area (TPSA) is 78.8 Å². The number of hydrogen-bond acceptors (Lipinski definition) is 4. The highest BCUT2D eigenvalue weighted by Crippen LogP contribution is 2.22. The van der Waals surface area contributed by atoms with E-state index in [9.17, 15) is 13.2 Å². The molecule has 0 spiro atoms. The summed E-state index contributed by atoms with van der Waals surface area (Å²) in [6, 6.07) is 10.0. The second-order valence-electron chi connectivity index (χ2n) is 6.78. The molecule has 0 saturated heterocycles. The first-order valence-electron chi connectivity index (χ1n) is 8.10. The second-order valence-corrected chi connectivity index (χ2v) is 8.53. The summed E-state index contributed by atoms with van der Waals surface area (Å²) in [7, 11) is -3.39. The van der Waals surface area contributed by atoms with Crippen LogP contribution in [0, 0.1) is 0 Å². The quantitative estimate of drug-likeness (QED) is 0.885. The molecule has 0 unspecified atom stereocenters. The van der Waals surface area contributed by atoms with Crippen molar-refractivity contribution < 1.29 is 13.2 Å². The molecule has 0 aromatic heterocycles. The third-order valence-electron chi connectivity index (χ3n) is 4.33. The van der Waals surface area contributed by atoms with Gasteiger partial charge in [-0.1, -0.05) is 44.2 Å². The fourth-order valence-electron chi connectivity index (χ4n) is 2.73. The number of carbonyl (C=O) groups is 1. The fourth-order valence-corrected chi connectivity index (χ4v) is 3.70. The summed E-state index contributed by atoms with van der Waals surface area (Å²) in [5.74, 6) is 0.122. The maximum absolute atomic E-state index is 12.5. The Morgan fingerprint density at radius 1 is 1.24 bits per heavy atom. The van der Waals surface area contributed by atoms with E-state index in [1.165, 1.54) is 0 Å². The number of rotatable bonds is 4. The van der Waals surface area contributed by atoms with Gasteiger partial charge in [0.2, 0.25) is 0 Å². The molecule has 6 nitrogen and oxygen atoms in total. The van der Waals surface area contributed by atoms with Crippen molar-refractivity contribution in [3.8, 4) is 0 Å². The van der Waals surface area contributed by atoms with E-state index < -0.39 is 10.0 Å². The largest absolute Gasteiger partial charge is 0.351 e. The highest BCUT2D eigenvalue weighted by Gasteiger charge is 2.26. The monoisotopic (exact) mass is 359 g/mol. The van der Waals surface area contributed by atoms with E-state index in [0.717, 1.165) is 5.56 Å². The molecule has 7 heteroatoms. The Kier molecular flexibility index (Phi) is 4.51. The number of sulfonamides is 1. The van der Waals surface area contributed by atoms with Crippen molar-refractivity contribution >= 4 is 21.8 Å². The molecule has 3 rings (SSSR count). The van der Waals surface area contributed by atoms with E-state index >= 15 is 0 Å². The van der Waals surface area contributed by atoms with Crippen molar-refractivity contribution in [2.75, 3.05) is 18.8 Å². The van der Waals surface area contributed by atoms with Crippen LogP contribution in [0.1, 0.15) is 19.4 Å². The summed E-state index contributed by atoms with van der Waals surface area (Å²) in [6.45, 7) is 4.95. The Morgan fingerprint density at radius 2 is 1.96 bits per heavy atom. The normalized spacial score (nSPS) is 18.9. The van der Waals surface area contributed by atoms with E-state index in [4.69, 9.17) is 0 Å². The predicted molar refractivity (Wildman–Crippen MR) is 97.6 cm³/mol. The summed E-state index contributed by atoms with van der Waals surface area (Å²) in [6.07, 6.45) is 4.81. The van der Waals surface area contributed by atoms with Gasteiger partial charge in [-0.15, -0.1) is 4.40 Å². The standard InChI is InChI=1S/C18H21N3O3S/c1-18(2,15-6-4-3-5-7-15)13-19-17(22)14-8-9-16-20-25(23,24)11-10-21(16)12-14/h3-9,12H,10-11,13H2,1-2H3,(H,19,22). The first-order valence-corrected chi connectivity index (χ1v) is 9.71. The van der Waals surface area contributed by atoms with Gasteiger partial charge in [0.1, 0.15) is 5.84 Å². The lowest BCUT2D eigenvalue weighted by molar-refractivity contribution is -0.117. The average Bonchev–Trinajstić information content (AvgIpc) is 2.59. The lowest BCUT2D eigenvalue weighted by Crippen LogP contribution is -2.40. The molecule has 0 bridgehead atoms. The van der Waals surface area contributed by atoms with Gasteiger partial charge in [-0.05, 0) is 17.7 Å². The Bertz CT molecular complexity index is 868. The van der Waals surface area contributed by atoms with Crippen molar-refractivity contribution in [3.05, 3.63) is 59.8 Å². The van der Waals surface area contributed by atoms with Gasteiger partial charge in [-0.25, -0.2) is 8.42 Å². The van der Waals surface area contributed by atoms with Crippen LogP contribution in [0.25, 0.3) is 0 Å². The van der Waals surface area contributed by atoms with E-state index in [2.05, 4.69) is 23.6 Å². The summed E-state index contributed by atoms with van der Waals surface area (Å²) in [4.78, 5) is 14.2. The Hall–Kier alpha value is -2.41. The van der Waals surface area contributed by atoms with E-state index in [1.807, 2.05) is 30.3 Å². The molecule has 0 atom stereocenters. The lowest BCUT2D eigenvalue weighted by atomic mass is 9.84. The first-order chi connectivity index (χ1) is 11.8. The zero-order chi connectivity index (χ0) is 18.1. The lowest BCUT2D eigenvalue weighted by Gasteiger charge is -2.28. The van der Waals surface area contributed by atoms with Crippen LogP contribution >= 0.6 is 0 Å². The van der Waals surface area contributed by atoms with Gasteiger partial charge in [0.25, 0.3) is 15.9 Å². The number of hydrogen-bond donors (Lipinski definition) is 1. The van der Waals surface area contributed by atoms with E-state index in [0.29, 0.717) is 24.5 Å². The van der Waals surface area contributed by atoms with Crippen molar-refractivity contribution in [2.24, 2.45) is 4.40 Å². The van der Waals surface area contributed by atoms with Crippen molar-refractivity contribution in [1.29, 1.82) is 0 Å². The summed E-state index contributed by atoms with van der Waals surface area (Å²) in [5, 5.41) is 2.96. The van der Waals surface area contributed by atoms with Gasteiger partial charge in [0.15, 0.2) is 0 Å². The number of fused-ring (bicyclic) bond motifs is 1. The number of nitrogens with zero attached hydrogens (tertiary/aromatic N) is 2. The van der Waals surface area contributed by atoms with Crippen LogP contribution in [0.3, 0.4) is 0 Å². The molecular formula is C18H21N3O3S. The Morgan fingerprint density at radius 3 is 2.68 bits per heavy atom. The van der Waals surface area contributed by atoms with Crippen molar-refractivity contribution in [2.45, 2.75) is 19.3 Å². The average molecular weight is 359 g/mol. The zero-order valence-corrected chi connectivity index (χ0v) is 15.1. The highest BCUT2D eigenvalue weighted by atomic mass is 32.2. The number of benzene rings is 1. The van der Waals surface area contributed by atoms with Crippen LogP contribution in [-0.4, -0.2) is 43.9 Å². The molecule has 132 valence electrons. The summed E-state index contributed by atoms with van der Waals surface area (Å²) >= 11 is 0. The molecule has 2 aliphatic heterocycles. The molecule has 1 aromatic rings. The highest BCUT2D eigenvalue weighted by molar-refractivity contribution is 7.90. The molecule has 0 saturated carbocycles. The molecule has 1 aromatic carbocycles. The minimum atomic E-state index is -3.39. The summed E-state index contributed by atoms with van der Waals surface area (Å²) < 4.78 is 26.7. The van der Waals surface area contributed by atoms with Crippen LogP contribution in [0.2, 0.25) is 0 Å². The van der Waals surface area contributed by atoms with Crippen LogP contribution in [0.4, 0.5) is 0 Å². The molecule has 0 aliphatic carbocycles. The van der Waals surface area contributed by atoms with Crippen LogP contribution in [0.5, 0.6) is 0 Å². The third kappa shape index (κ3) is 3.99. The third-order valence-corrected chi connectivity index (χ3v) is 5.50. The Balaban J connectivity index is 1.67. The zero-order valence-electron chi connectivity index (χ0n) is 14.3. The second kappa shape index (κ2) is 6.48. The molecule has 2 aliphatic rings. The van der Waals surface area contributed by atoms with Gasteiger partial charge in [-0.2, -0.15) is 0 Å². The van der Waals surface area contributed by atoms with Gasteiger partial charge < -0.3 is 10.2 Å². The van der Waals surface area contributed by atoms with Gasteiger partial charge in [0.05, 0.1) is 11.3 Å². The van der Waals surface area contributed by atoms with Crippen LogP contribution in [-0.2, 0) is 20.2 Å². The smallest absolute Gasteiger partial charge is 0.256 e.